The van der Waals surface area contributed by atoms with Gasteiger partial charge in [0.2, 0.25) is 5.91 Å². The van der Waals surface area contributed by atoms with Crippen LogP contribution in [0, 0.1) is 0 Å². The van der Waals surface area contributed by atoms with Crippen molar-refractivity contribution in [3.63, 3.8) is 0 Å². The molecular weight excluding hydrogens is 356 g/mol. The molecule has 0 aliphatic heterocycles. The van der Waals surface area contributed by atoms with E-state index in [9.17, 15) is 4.79 Å². The Morgan fingerprint density at radius 1 is 1.40 bits per heavy atom. The Morgan fingerprint density at radius 2 is 2.28 bits per heavy atom. The maximum atomic E-state index is 12.2. The van der Waals surface area contributed by atoms with E-state index in [2.05, 4.69) is 21.6 Å². The Bertz CT molecular complexity index is 797. The number of hydrogen-bond donors (Lipinski definition) is 1. The molecule has 3 aromatic heterocycles. The highest BCUT2D eigenvalue weighted by Gasteiger charge is 2.16. The van der Waals surface area contributed by atoms with Gasteiger partial charge >= 0.3 is 0 Å². The minimum Gasteiger partial charge on any atom is -0.461 e. The van der Waals surface area contributed by atoms with Gasteiger partial charge in [-0.3, -0.25) is 9.36 Å². The van der Waals surface area contributed by atoms with Gasteiger partial charge < -0.3 is 9.73 Å². The summed E-state index contributed by atoms with van der Waals surface area (Å²) in [5.41, 5.74) is 0. The van der Waals surface area contributed by atoms with E-state index in [0.717, 1.165) is 11.6 Å². The summed E-state index contributed by atoms with van der Waals surface area (Å²) in [5.74, 6) is 1.67. The molecule has 0 spiro atoms. The topological polar surface area (TPSA) is 73.0 Å². The normalized spacial score (nSPS) is 12.2. The molecule has 0 radical (unpaired) electrons. The second-order valence-corrected chi connectivity index (χ2v) is 7.54. The first kappa shape index (κ1) is 17.8. The molecule has 1 N–H and O–H groups in total. The van der Waals surface area contributed by atoms with E-state index in [1.165, 1.54) is 16.6 Å². The Morgan fingerprint density at radius 3 is 2.96 bits per heavy atom. The molecule has 0 fully saturated rings. The van der Waals surface area contributed by atoms with Crippen LogP contribution in [0.4, 0.5) is 0 Å². The summed E-state index contributed by atoms with van der Waals surface area (Å²) in [6.07, 6.45) is 2.46. The molecule has 1 atom stereocenters. The smallest absolute Gasteiger partial charge is 0.230 e. The maximum Gasteiger partial charge on any atom is 0.230 e. The van der Waals surface area contributed by atoms with E-state index in [4.69, 9.17) is 4.42 Å². The SMILES string of the molecule is CCn1c(SCC(=O)NC(C)Cc2cccs2)nnc1-c1ccco1. The van der Waals surface area contributed by atoms with Crippen molar-refractivity contribution < 1.29 is 9.21 Å². The van der Waals surface area contributed by atoms with Crippen molar-refractivity contribution >= 4 is 29.0 Å². The first-order valence-electron chi connectivity index (χ1n) is 8.09. The Labute approximate surface area is 154 Å². The number of nitrogens with zero attached hydrogens (tertiary/aromatic N) is 3. The van der Waals surface area contributed by atoms with Crippen LogP contribution in [0.5, 0.6) is 0 Å². The number of aromatic nitrogens is 3. The molecule has 1 amide bonds. The summed E-state index contributed by atoms with van der Waals surface area (Å²) < 4.78 is 7.34. The molecule has 3 heterocycles. The molecule has 1 unspecified atom stereocenters. The van der Waals surface area contributed by atoms with Crippen molar-refractivity contribution in [2.24, 2.45) is 0 Å². The average Bonchev–Trinajstić information content (AvgIpc) is 3.33. The third kappa shape index (κ3) is 4.52. The zero-order valence-corrected chi connectivity index (χ0v) is 15.8. The van der Waals surface area contributed by atoms with Crippen molar-refractivity contribution in [3.05, 3.63) is 40.8 Å². The molecule has 8 heteroatoms. The van der Waals surface area contributed by atoms with Crippen LogP contribution in [0.1, 0.15) is 18.7 Å². The van der Waals surface area contributed by atoms with Crippen LogP contribution in [-0.4, -0.2) is 32.5 Å². The number of hydrogen-bond acceptors (Lipinski definition) is 6. The fourth-order valence-corrected chi connectivity index (χ4v) is 4.15. The first-order chi connectivity index (χ1) is 12.2. The van der Waals surface area contributed by atoms with E-state index in [0.29, 0.717) is 23.9 Å². The van der Waals surface area contributed by atoms with Gasteiger partial charge in [-0.2, -0.15) is 0 Å². The van der Waals surface area contributed by atoms with Gasteiger partial charge in [0.25, 0.3) is 0 Å². The van der Waals surface area contributed by atoms with Crippen LogP contribution in [0.15, 0.2) is 45.5 Å². The third-order valence-electron chi connectivity index (χ3n) is 3.60. The van der Waals surface area contributed by atoms with Crippen LogP contribution in [0.2, 0.25) is 0 Å². The second kappa shape index (κ2) is 8.35. The van der Waals surface area contributed by atoms with Crippen molar-refractivity contribution in [1.82, 2.24) is 20.1 Å². The van der Waals surface area contributed by atoms with E-state index in [1.54, 1.807) is 17.6 Å². The highest BCUT2D eigenvalue weighted by molar-refractivity contribution is 7.99. The zero-order valence-electron chi connectivity index (χ0n) is 14.1. The lowest BCUT2D eigenvalue weighted by Crippen LogP contribution is -2.35. The Kier molecular flexibility index (Phi) is 5.93. The Hall–Kier alpha value is -2.06. The van der Waals surface area contributed by atoms with Crippen LogP contribution >= 0.6 is 23.1 Å². The van der Waals surface area contributed by atoms with Crippen LogP contribution in [0.3, 0.4) is 0 Å². The third-order valence-corrected chi connectivity index (χ3v) is 5.47. The number of amides is 1. The van der Waals surface area contributed by atoms with Gasteiger partial charge in [0.1, 0.15) is 0 Å². The molecule has 25 heavy (non-hydrogen) atoms. The Balaban J connectivity index is 1.55. The average molecular weight is 377 g/mol. The number of nitrogens with one attached hydrogen (secondary N) is 1. The van der Waals surface area contributed by atoms with E-state index in [1.807, 2.05) is 42.0 Å². The minimum absolute atomic E-state index is 0.000687. The summed E-state index contributed by atoms with van der Waals surface area (Å²) in [7, 11) is 0. The number of rotatable bonds is 8. The molecule has 0 aromatic carbocycles. The van der Waals surface area contributed by atoms with Gasteiger partial charge in [0, 0.05) is 23.9 Å². The molecule has 0 aliphatic rings. The molecule has 3 rings (SSSR count). The molecule has 0 saturated carbocycles. The minimum atomic E-state index is -0.000687. The molecular formula is C17H20N4O2S2. The van der Waals surface area contributed by atoms with Gasteiger partial charge in [-0.15, -0.1) is 21.5 Å². The lowest BCUT2D eigenvalue weighted by atomic mass is 10.2. The van der Waals surface area contributed by atoms with Crippen molar-refractivity contribution in [2.75, 3.05) is 5.75 Å². The number of carbonyl (C=O) groups excluding carboxylic acids is 1. The molecule has 0 saturated heterocycles. The molecule has 3 aromatic rings. The lowest BCUT2D eigenvalue weighted by Gasteiger charge is -2.12. The van der Waals surface area contributed by atoms with Crippen molar-refractivity contribution in [2.45, 2.75) is 38.0 Å². The quantitative estimate of drug-likeness (QED) is 0.610. The van der Waals surface area contributed by atoms with Crippen molar-refractivity contribution in [3.8, 4) is 11.6 Å². The maximum absolute atomic E-state index is 12.2. The number of thiophene rings is 1. The standard InChI is InChI=1S/C17H20N4O2S2/c1-3-21-16(14-7-4-8-23-14)19-20-17(21)25-11-15(22)18-12(2)10-13-6-5-9-24-13/h4-9,12H,3,10-11H2,1-2H3,(H,18,22). The fraction of sp³-hybridized carbons (Fsp3) is 0.353. The summed E-state index contributed by atoms with van der Waals surface area (Å²) in [4.78, 5) is 13.5. The van der Waals surface area contributed by atoms with Crippen LogP contribution in [0.25, 0.3) is 11.6 Å². The van der Waals surface area contributed by atoms with Crippen molar-refractivity contribution in [1.29, 1.82) is 0 Å². The number of thioether (sulfide) groups is 1. The lowest BCUT2D eigenvalue weighted by molar-refractivity contribution is -0.119. The molecule has 6 nitrogen and oxygen atoms in total. The van der Waals surface area contributed by atoms with E-state index >= 15 is 0 Å². The highest BCUT2D eigenvalue weighted by atomic mass is 32.2. The monoisotopic (exact) mass is 376 g/mol. The highest BCUT2D eigenvalue weighted by Crippen LogP contribution is 2.24. The van der Waals surface area contributed by atoms with Gasteiger partial charge in [-0.25, -0.2) is 0 Å². The van der Waals surface area contributed by atoms with Gasteiger partial charge in [0.05, 0.1) is 12.0 Å². The predicted octanol–water partition coefficient (Wildman–Crippen LogP) is 3.46. The number of furan rings is 1. The van der Waals surface area contributed by atoms with Crippen LogP contribution in [-0.2, 0) is 17.8 Å². The summed E-state index contributed by atoms with van der Waals surface area (Å²) in [5, 5.41) is 14.2. The summed E-state index contributed by atoms with van der Waals surface area (Å²) in [6, 6.07) is 7.89. The van der Waals surface area contributed by atoms with Crippen LogP contribution < -0.4 is 5.32 Å². The summed E-state index contributed by atoms with van der Waals surface area (Å²) >= 11 is 3.09. The van der Waals surface area contributed by atoms with Gasteiger partial charge in [-0.1, -0.05) is 17.8 Å². The van der Waals surface area contributed by atoms with Gasteiger partial charge in [0.15, 0.2) is 16.7 Å². The van der Waals surface area contributed by atoms with Gasteiger partial charge in [-0.05, 0) is 37.4 Å². The molecule has 132 valence electrons. The molecule has 0 bridgehead atoms. The van der Waals surface area contributed by atoms with E-state index < -0.39 is 0 Å². The fourth-order valence-electron chi connectivity index (χ4n) is 2.50. The first-order valence-corrected chi connectivity index (χ1v) is 9.95. The zero-order chi connectivity index (χ0) is 17.6. The molecule has 0 aliphatic carbocycles. The van der Waals surface area contributed by atoms with E-state index in [-0.39, 0.29) is 11.9 Å². The summed E-state index contributed by atoms with van der Waals surface area (Å²) in [6.45, 7) is 4.75. The predicted molar refractivity (Wildman–Crippen MR) is 99.7 cm³/mol. The largest absolute Gasteiger partial charge is 0.461 e. The second-order valence-electron chi connectivity index (χ2n) is 5.57. The number of carbonyl (C=O) groups is 1.